The summed E-state index contributed by atoms with van der Waals surface area (Å²) in [5.74, 6) is 1.07. The zero-order chi connectivity index (χ0) is 20.5. The summed E-state index contributed by atoms with van der Waals surface area (Å²) >= 11 is 0. The smallest absolute Gasteiger partial charge is 0.416 e. The van der Waals surface area contributed by atoms with Crippen LogP contribution in [-0.2, 0) is 12.7 Å². The van der Waals surface area contributed by atoms with E-state index in [9.17, 15) is 23.4 Å². The van der Waals surface area contributed by atoms with Gasteiger partial charge in [0.25, 0.3) is 0 Å². The van der Waals surface area contributed by atoms with E-state index in [2.05, 4.69) is 0 Å². The molecule has 0 bridgehead atoms. The van der Waals surface area contributed by atoms with E-state index in [1.807, 2.05) is 0 Å². The molecule has 2 N–H and O–H groups in total. The van der Waals surface area contributed by atoms with Crippen molar-refractivity contribution < 1.29 is 32.9 Å². The minimum Gasteiger partial charge on any atom is -0.496 e. The number of methoxy groups -OCH3 is 2. The number of aliphatic hydroxyl groups excluding tert-OH is 2. The standard InChI is InChI=1S/C20H22F3NO4/c1-27-17-7-8-18(28-2)19-13(17)9-24(11-16(19)26)10-15(25)12-5-3-4-6-14(12)20(21,22)23/h3-8,15-16,25-26H,9-11H2,1-2H3/t15-,16+/m1/s1. The van der Waals surface area contributed by atoms with Gasteiger partial charge in [0, 0.05) is 30.8 Å². The Morgan fingerprint density at radius 3 is 2.39 bits per heavy atom. The average Bonchev–Trinajstić information content (AvgIpc) is 2.66. The quantitative estimate of drug-likeness (QED) is 0.811. The average molecular weight is 397 g/mol. The molecule has 0 saturated carbocycles. The van der Waals surface area contributed by atoms with Crippen LogP contribution in [0.25, 0.3) is 0 Å². The predicted octanol–water partition coefficient (Wildman–Crippen LogP) is 3.31. The van der Waals surface area contributed by atoms with E-state index in [0.717, 1.165) is 6.07 Å². The number of benzene rings is 2. The second-order valence-electron chi connectivity index (χ2n) is 6.67. The molecule has 1 heterocycles. The van der Waals surface area contributed by atoms with Crippen molar-refractivity contribution in [2.45, 2.75) is 24.9 Å². The van der Waals surface area contributed by atoms with Crippen molar-refractivity contribution in [3.8, 4) is 11.5 Å². The summed E-state index contributed by atoms with van der Waals surface area (Å²) in [6.07, 6.45) is -6.83. The summed E-state index contributed by atoms with van der Waals surface area (Å²) in [6, 6.07) is 8.38. The van der Waals surface area contributed by atoms with Crippen molar-refractivity contribution in [3.05, 3.63) is 58.7 Å². The van der Waals surface area contributed by atoms with Gasteiger partial charge in [0.15, 0.2) is 0 Å². The third-order valence-electron chi connectivity index (χ3n) is 4.92. The predicted molar refractivity (Wildman–Crippen MR) is 96.2 cm³/mol. The fraction of sp³-hybridized carbons (Fsp3) is 0.400. The lowest BCUT2D eigenvalue weighted by molar-refractivity contribution is -0.139. The van der Waals surface area contributed by atoms with Crippen molar-refractivity contribution in [1.29, 1.82) is 0 Å². The molecule has 152 valence electrons. The Hall–Kier alpha value is -2.29. The molecule has 2 atom stereocenters. The van der Waals surface area contributed by atoms with Gasteiger partial charge < -0.3 is 19.7 Å². The molecule has 2 aromatic carbocycles. The molecule has 0 unspecified atom stereocenters. The SMILES string of the molecule is COc1ccc(OC)c2c1CN(C[C@@H](O)c1ccccc1C(F)(F)F)C[C@@H]2O. The monoisotopic (exact) mass is 397 g/mol. The van der Waals surface area contributed by atoms with Gasteiger partial charge in [0.2, 0.25) is 0 Å². The lowest BCUT2D eigenvalue weighted by atomic mass is 9.94. The first kappa shape index (κ1) is 20.4. The number of hydrogen-bond donors (Lipinski definition) is 2. The number of fused-ring (bicyclic) bond motifs is 1. The van der Waals surface area contributed by atoms with Crippen LogP contribution in [0.4, 0.5) is 13.2 Å². The van der Waals surface area contributed by atoms with Crippen LogP contribution in [0.5, 0.6) is 11.5 Å². The van der Waals surface area contributed by atoms with E-state index in [1.54, 1.807) is 17.0 Å². The highest BCUT2D eigenvalue weighted by Crippen LogP contribution is 2.40. The first-order chi connectivity index (χ1) is 13.3. The molecule has 2 aromatic rings. The van der Waals surface area contributed by atoms with Crippen molar-refractivity contribution in [1.82, 2.24) is 4.90 Å². The summed E-state index contributed by atoms with van der Waals surface area (Å²) in [6.45, 7) is 0.393. The van der Waals surface area contributed by atoms with Gasteiger partial charge >= 0.3 is 6.18 Å². The number of ether oxygens (including phenoxy) is 2. The van der Waals surface area contributed by atoms with E-state index in [4.69, 9.17) is 9.47 Å². The first-order valence-corrected chi connectivity index (χ1v) is 8.74. The highest BCUT2D eigenvalue weighted by Gasteiger charge is 2.36. The number of hydrogen-bond acceptors (Lipinski definition) is 5. The Labute approximate surface area is 160 Å². The zero-order valence-corrected chi connectivity index (χ0v) is 15.5. The van der Waals surface area contributed by atoms with Crippen LogP contribution in [-0.4, -0.2) is 42.4 Å². The first-order valence-electron chi connectivity index (χ1n) is 8.74. The molecule has 0 aromatic heterocycles. The largest absolute Gasteiger partial charge is 0.496 e. The molecule has 0 fully saturated rings. The third-order valence-corrected chi connectivity index (χ3v) is 4.92. The fourth-order valence-corrected chi connectivity index (χ4v) is 3.67. The fourth-order valence-electron chi connectivity index (χ4n) is 3.67. The van der Waals surface area contributed by atoms with Crippen molar-refractivity contribution in [2.75, 3.05) is 27.3 Å². The van der Waals surface area contributed by atoms with Gasteiger partial charge in [0.05, 0.1) is 32.0 Å². The van der Waals surface area contributed by atoms with Crippen molar-refractivity contribution in [3.63, 3.8) is 0 Å². The van der Waals surface area contributed by atoms with Crippen LogP contribution in [0, 0.1) is 0 Å². The summed E-state index contributed by atoms with van der Waals surface area (Å²) in [7, 11) is 3.00. The Morgan fingerprint density at radius 1 is 1.11 bits per heavy atom. The maximum atomic E-state index is 13.2. The Kier molecular flexibility index (Phi) is 5.83. The highest BCUT2D eigenvalue weighted by atomic mass is 19.4. The minimum absolute atomic E-state index is 0.0655. The number of nitrogens with zero attached hydrogens (tertiary/aromatic N) is 1. The van der Waals surface area contributed by atoms with E-state index < -0.39 is 23.9 Å². The molecule has 0 saturated heterocycles. The summed E-state index contributed by atoms with van der Waals surface area (Å²) in [5.41, 5.74) is 0.243. The molecule has 0 aliphatic carbocycles. The van der Waals surface area contributed by atoms with Gasteiger partial charge in [-0.3, -0.25) is 4.90 Å². The van der Waals surface area contributed by atoms with Crippen LogP contribution in [0.1, 0.15) is 34.5 Å². The molecular formula is C20H22F3NO4. The molecule has 0 spiro atoms. The van der Waals surface area contributed by atoms with E-state index >= 15 is 0 Å². The van der Waals surface area contributed by atoms with Crippen molar-refractivity contribution in [2.24, 2.45) is 0 Å². The number of aliphatic hydroxyl groups is 2. The molecule has 0 radical (unpaired) electrons. The van der Waals surface area contributed by atoms with Gasteiger partial charge in [-0.1, -0.05) is 18.2 Å². The van der Waals surface area contributed by atoms with Crippen LogP contribution < -0.4 is 9.47 Å². The zero-order valence-electron chi connectivity index (χ0n) is 15.5. The van der Waals surface area contributed by atoms with Gasteiger partial charge in [-0.05, 0) is 23.8 Å². The lowest BCUT2D eigenvalue weighted by Crippen LogP contribution is -2.37. The normalized spacial score (nSPS) is 18.5. The molecular weight excluding hydrogens is 375 g/mol. The van der Waals surface area contributed by atoms with Gasteiger partial charge in [-0.15, -0.1) is 0 Å². The molecule has 1 aliphatic heterocycles. The summed E-state index contributed by atoms with van der Waals surface area (Å²) < 4.78 is 50.4. The van der Waals surface area contributed by atoms with Gasteiger partial charge in [-0.25, -0.2) is 0 Å². The van der Waals surface area contributed by atoms with Crippen LogP contribution >= 0.6 is 0 Å². The van der Waals surface area contributed by atoms with E-state index in [-0.39, 0.29) is 18.7 Å². The topological polar surface area (TPSA) is 62.2 Å². The minimum atomic E-state index is -4.55. The lowest BCUT2D eigenvalue weighted by Gasteiger charge is -2.35. The van der Waals surface area contributed by atoms with Crippen LogP contribution in [0.3, 0.4) is 0 Å². The van der Waals surface area contributed by atoms with Crippen LogP contribution in [0.2, 0.25) is 0 Å². The van der Waals surface area contributed by atoms with Gasteiger partial charge in [0.1, 0.15) is 11.5 Å². The second-order valence-corrected chi connectivity index (χ2v) is 6.67. The maximum Gasteiger partial charge on any atom is 0.416 e. The summed E-state index contributed by atoms with van der Waals surface area (Å²) in [5, 5.41) is 21.1. The number of β-amino-alcohol motifs (C(OH)–C–C–N with tert-alkyl or cyclic N) is 2. The highest BCUT2D eigenvalue weighted by molar-refractivity contribution is 5.51. The number of alkyl halides is 3. The Balaban J connectivity index is 1.87. The number of rotatable bonds is 5. The second kappa shape index (κ2) is 7.98. The van der Waals surface area contributed by atoms with Crippen LogP contribution in [0.15, 0.2) is 36.4 Å². The van der Waals surface area contributed by atoms with Crippen molar-refractivity contribution >= 4 is 0 Å². The Bertz CT molecular complexity index is 841. The Morgan fingerprint density at radius 2 is 1.75 bits per heavy atom. The molecule has 1 aliphatic rings. The molecule has 5 nitrogen and oxygen atoms in total. The molecule has 28 heavy (non-hydrogen) atoms. The van der Waals surface area contributed by atoms with E-state index in [0.29, 0.717) is 29.2 Å². The third kappa shape index (κ3) is 3.94. The number of halogens is 3. The summed E-state index contributed by atoms with van der Waals surface area (Å²) in [4.78, 5) is 1.70. The van der Waals surface area contributed by atoms with E-state index in [1.165, 1.54) is 32.4 Å². The molecule has 0 amide bonds. The van der Waals surface area contributed by atoms with Gasteiger partial charge in [-0.2, -0.15) is 13.2 Å². The molecule has 3 rings (SSSR count). The molecule has 8 heteroatoms. The maximum absolute atomic E-state index is 13.2.